The molecule has 0 spiro atoms. The number of para-hydroxylation sites is 1. The number of carbonyl (C=O) groups excluding carboxylic acids is 2. The second-order valence-corrected chi connectivity index (χ2v) is 8.45. The third kappa shape index (κ3) is 4.54. The van der Waals surface area contributed by atoms with Gasteiger partial charge in [0.15, 0.2) is 6.10 Å². The zero-order valence-corrected chi connectivity index (χ0v) is 17.8. The predicted molar refractivity (Wildman–Crippen MR) is 118 cm³/mol. The van der Waals surface area contributed by atoms with Gasteiger partial charge in [-0.3, -0.25) is 4.79 Å². The number of hydrogen-bond acceptors (Lipinski definition) is 5. The third-order valence-corrected chi connectivity index (χ3v) is 6.32. The van der Waals surface area contributed by atoms with E-state index in [2.05, 4.69) is 12.1 Å². The van der Waals surface area contributed by atoms with Crippen LogP contribution in [0.5, 0.6) is 0 Å². The highest BCUT2D eigenvalue weighted by atomic mass is 32.2. The van der Waals surface area contributed by atoms with Crippen molar-refractivity contribution in [2.75, 3.05) is 13.1 Å². The number of benzene rings is 2. The van der Waals surface area contributed by atoms with Gasteiger partial charge in [-0.15, -0.1) is 0 Å². The molecule has 4 rings (SSSR count). The van der Waals surface area contributed by atoms with E-state index in [9.17, 15) is 9.59 Å². The van der Waals surface area contributed by atoms with E-state index in [1.165, 1.54) is 5.56 Å². The van der Waals surface area contributed by atoms with Gasteiger partial charge in [-0.25, -0.2) is 4.79 Å². The summed E-state index contributed by atoms with van der Waals surface area (Å²) in [7, 11) is 0. The van der Waals surface area contributed by atoms with Gasteiger partial charge in [0.2, 0.25) is 5.76 Å². The molecule has 0 N–H and O–H groups in total. The molecule has 0 unspecified atom stereocenters. The second-order valence-electron chi connectivity index (χ2n) is 7.46. The fraction of sp³-hybridized carbons (Fsp3) is 0.333. The summed E-state index contributed by atoms with van der Waals surface area (Å²) in [5.41, 5.74) is 2.69. The second kappa shape index (κ2) is 9.39. The molecule has 1 aromatic heterocycles. The number of furan rings is 1. The van der Waals surface area contributed by atoms with Gasteiger partial charge in [0.05, 0.1) is 0 Å². The Hall–Kier alpha value is -2.73. The molecule has 156 valence electrons. The van der Waals surface area contributed by atoms with E-state index in [1.807, 2.05) is 42.5 Å². The maximum absolute atomic E-state index is 12.9. The first-order chi connectivity index (χ1) is 14.6. The molecule has 30 heavy (non-hydrogen) atoms. The van der Waals surface area contributed by atoms with Crippen LogP contribution in [-0.2, 0) is 21.0 Å². The van der Waals surface area contributed by atoms with E-state index in [0.29, 0.717) is 11.3 Å². The Kier molecular flexibility index (Phi) is 6.43. The van der Waals surface area contributed by atoms with Crippen LogP contribution in [0, 0.1) is 0 Å². The Labute approximate surface area is 180 Å². The molecular weight excluding hydrogens is 398 g/mol. The van der Waals surface area contributed by atoms with Crippen LogP contribution in [0.1, 0.15) is 41.4 Å². The molecule has 5 nitrogen and oxygen atoms in total. The highest BCUT2D eigenvalue weighted by Gasteiger charge is 2.29. The van der Waals surface area contributed by atoms with Gasteiger partial charge < -0.3 is 14.1 Å². The van der Waals surface area contributed by atoms with Crippen LogP contribution < -0.4 is 0 Å². The molecule has 2 aromatic carbocycles. The van der Waals surface area contributed by atoms with Crippen LogP contribution >= 0.6 is 11.8 Å². The van der Waals surface area contributed by atoms with Crippen molar-refractivity contribution in [3.63, 3.8) is 0 Å². The summed E-state index contributed by atoms with van der Waals surface area (Å²) in [5, 5.41) is 0.906. The fourth-order valence-electron chi connectivity index (χ4n) is 3.71. The van der Waals surface area contributed by atoms with Crippen molar-refractivity contribution in [1.82, 2.24) is 4.90 Å². The Morgan fingerprint density at radius 1 is 1.03 bits per heavy atom. The topological polar surface area (TPSA) is 59.8 Å². The van der Waals surface area contributed by atoms with Crippen molar-refractivity contribution in [3.8, 4) is 0 Å². The molecule has 1 atom stereocenters. The van der Waals surface area contributed by atoms with Gasteiger partial charge in [0.1, 0.15) is 5.58 Å². The molecule has 1 aliphatic rings. The first kappa shape index (κ1) is 20.5. The third-order valence-electron chi connectivity index (χ3n) is 5.29. The molecule has 0 bridgehead atoms. The standard InChI is InChI=1S/C24H25NO4S/c1-17(23(26)25-13-7-8-14-25)28-24(27)22-20(19-11-5-6-12-21(19)29-22)16-30-15-18-9-3-2-4-10-18/h2-6,9-12,17H,7-8,13-16H2,1H3/t17-/m1/s1. The quantitative estimate of drug-likeness (QED) is 0.499. The summed E-state index contributed by atoms with van der Waals surface area (Å²) in [6, 6.07) is 17.8. The summed E-state index contributed by atoms with van der Waals surface area (Å²) in [4.78, 5) is 27.2. The lowest BCUT2D eigenvalue weighted by Crippen LogP contribution is -2.38. The lowest BCUT2D eigenvalue weighted by Gasteiger charge is -2.20. The number of thioether (sulfide) groups is 1. The van der Waals surface area contributed by atoms with Gasteiger partial charge in [0, 0.05) is 35.5 Å². The molecule has 6 heteroatoms. The summed E-state index contributed by atoms with van der Waals surface area (Å²) >= 11 is 1.71. The monoisotopic (exact) mass is 423 g/mol. The van der Waals surface area contributed by atoms with Crippen LogP contribution in [0.2, 0.25) is 0 Å². The summed E-state index contributed by atoms with van der Waals surface area (Å²) in [6.07, 6.45) is 1.17. The lowest BCUT2D eigenvalue weighted by molar-refractivity contribution is -0.138. The molecule has 1 amide bonds. The number of likely N-dealkylation sites (tertiary alicyclic amines) is 1. The number of amides is 1. The van der Waals surface area contributed by atoms with Crippen LogP contribution in [-0.4, -0.2) is 36.0 Å². The van der Waals surface area contributed by atoms with Crippen LogP contribution in [0.25, 0.3) is 11.0 Å². The minimum Gasteiger partial charge on any atom is -0.449 e. The maximum Gasteiger partial charge on any atom is 0.375 e. The Morgan fingerprint density at radius 3 is 2.50 bits per heavy atom. The van der Waals surface area contributed by atoms with Crippen molar-refractivity contribution in [2.24, 2.45) is 0 Å². The largest absolute Gasteiger partial charge is 0.449 e. The average molecular weight is 424 g/mol. The number of hydrogen-bond donors (Lipinski definition) is 0. The molecular formula is C24H25NO4S. The van der Waals surface area contributed by atoms with Gasteiger partial charge in [-0.2, -0.15) is 11.8 Å². The zero-order chi connectivity index (χ0) is 20.9. The first-order valence-corrected chi connectivity index (χ1v) is 11.4. The predicted octanol–water partition coefficient (Wildman–Crippen LogP) is 5.03. The van der Waals surface area contributed by atoms with Crippen molar-refractivity contribution in [3.05, 3.63) is 71.5 Å². The number of rotatable bonds is 7. The van der Waals surface area contributed by atoms with E-state index in [0.717, 1.165) is 42.6 Å². The molecule has 1 aliphatic heterocycles. The smallest absolute Gasteiger partial charge is 0.375 e. The number of ether oxygens (including phenoxy) is 1. The van der Waals surface area contributed by atoms with E-state index >= 15 is 0 Å². The molecule has 3 aromatic rings. The van der Waals surface area contributed by atoms with Gasteiger partial charge in [-0.1, -0.05) is 48.5 Å². The molecule has 2 heterocycles. The van der Waals surface area contributed by atoms with Crippen molar-refractivity contribution in [1.29, 1.82) is 0 Å². The number of esters is 1. The zero-order valence-electron chi connectivity index (χ0n) is 17.0. The molecule has 0 radical (unpaired) electrons. The molecule has 0 saturated carbocycles. The van der Waals surface area contributed by atoms with Crippen molar-refractivity contribution in [2.45, 2.75) is 37.4 Å². The highest BCUT2D eigenvalue weighted by Crippen LogP contribution is 2.31. The van der Waals surface area contributed by atoms with E-state index in [-0.39, 0.29) is 11.7 Å². The average Bonchev–Trinajstić information content (AvgIpc) is 3.42. The minimum atomic E-state index is -0.825. The highest BCUT2D eigenvalue weighted by molar-refractivity contribution is 7.97. The Bertz CT molecular complexity index is 1020. The Morgan fingerprint density at radius 2 is 1.73 bits per heavy atom. The van der Waals surface area contributed by atoms with Crippen molar-refractivity contribution >= 4 is 34.6 Å². The van der Waals surface area contributed by atoms with E-state index in [4.69, 9.17) is 9.15 Å². The lowest BCUT2D eigenvalue weighted by atomic mass is 10.1. The maximum atomic E-state index is 12.9. The summed E-state index contributed by atoms with van der Waals surface area (Å²) in [6.45, 7) is 3.09. The van der Waals surface area contributed by atoms with Crippen LogP contribution in [0.15, 0.2) is 59.0 Å². The SMILES string of the molecule is C[C@@H](OC(=O)c1oc2ccccc2c1CSCc1ccccc1)C(=O)N1CCCC1. The van der Waals surface area contributed by atoms with Crippen molar-refractivity contribution < 1.29 is 18.7 Å². The summed E-state index contributed by atoms with van der Waals surface area (Å²) < 4.78 is 11.4. The minimum absolute atomic E-state index is 0.142. The normalized spacial score (nSPS) is 14.8. The Balaban J connectivity index is 1.50. The number of carbonyl (C=O) groups is 2. The van der Waals surface area contributed by atoms with E-state index < -0.39 is 12.1 Å². The van der Waals surface area contributed by atoms with Crippen LogP contribution in [0.4, 0.5) is 0 Å². The first-order valence-electron chi connectivity index (χ1n) is 10.3. The number of nitrogens with zero attached hydrogens (tertiary/aromatic N) is 1. The van der Waals surface area contributed by atoms with E-state index in [1.54, 1.807) is 23.6 Å². The van der Waals surface area contributed by atoms with Gasteiger partial charge in [-0.05, 0) is 31.4 Å². The molecule has 1 fully saturated rings. The van der Waals surface area contributed by atoms with Gasteiger partial charge in [0.25, 0.3) is 5.91 Å². The molecule has 0 aliphatic carbocycles. The van der Waals surface area contributed by atoms with Gasteiger partial charge >= 0.3 is 5.97 Å². The fourth-order valence-corrected chi connectivity index (χ4v) is 4.73. The summed E-state index contributed by atoms with van der Waals surface area (Å²) in [5.74, 6) is 0.917. The van der Waals surface area contributed by atoms with Crippen LogP contribution in [0.3, 0.4) is 0 Å². The molecule has 1 saturated heterocycles. The number of fused-ring (bicyclic) bond motifs is 1.